The molecule has 0 N–H and O–H groups in total. The summed E-state index contributed by atoms with van der Waals surface area (Å²) in [6, 6.07) is 17.4. The van der Waals surface area contributed by atoms with Crippen molar-refractivity contribution in [1.82, 2.24) is 4.98 Å². The molecule has 3 heterocycles. The van der Waals surface area contributed by atoms with Crippen LogP contribution in [0.15, 0.2) is 69.9 Å². The average Bonchev–Trinajstić information content (AvgIpc) is 3.41. The second kappa shape index (κ2) is 7.95. The van der Waals surface area contributed by atoms with Gasteiger partial charge in [0.25, 0.3) is 5.91 Å². The Hall–Kier alpha value is -4.17. The summed E-state index contributed by atoms with van der Waals surface area (Å²) in [7, 11) is 3.12. The van der Waals surface area contributed by atoms with Crippen molar-refractivity contribution in [2.45, 2.75) is 13.0 Å². The zero-order valence-electron chi connectivity index (χ0n) is 19.2. The smallest absolute Gasteiger partial charge is 0.297 e. The molecule has 0 saturated carbocycles. The van der Waals surface area contributed by atoms with Gasteiger partial charge in [-0.25, -0.2) is 4.98 Å². The number of amides is 1. The number of para-hydroxylation sites is 1. The Bertz CT molecular complexity index is 1700. The van der Waals surface area contributed by atoms with Gasteiger partial charge in [0.15, 0.2) is 10.6 Å². The maximum Gasteiger partial charge on any atom is 0.297 e. The number of aryl methyl sites for hydroxylation is 1. The molecular formula is C27H20N2O5S. The van der Waals surface area contributed by atoms with Crippen LogP contribution >= 0.6 is 11.3 Å². The molecule has 174 valence electrons. The minimum atomic E-state index is -0.801. The lowest BCUT2D eigenvalue weighted by Gasteiger charge is -2.24. The first-order chi connectivity index (χ1) is 17.0. The first-order valence-electron chi connectivity index (χ1n) is 11.0. The van der Waals surface area contributed by atoms with Crippen LogP contribution in [0, 0.1) is 6.92 Å². The highest BCUT2D eigenvalue weighted by atomic mass is 32.1. The van der Waals surface area contributed by atoms with Crippen LogP contribution in [0.1, 0.15) is 33.3 Å². The van der Waals surface area contributed by atoms with E-state index >= 15 is 0 Å². The average molecular weight is 485 g/mol. The van der Waals surface area contributed by atoms with E-state index in [4.69, 9.17) is 18.9 Å². The van der Waals surface area contributed by atoms with Crippen LogP contribution in [0.25, 0.3) is 21.2 Å². The van der Waals surface area contributed by atoms with Crippen molar-refractivity contribution < 1.29 is 18.7 Å². The maximum atomic E-state index is 13.9. The van der Waals surface area contributed by atoms with Crippen LogP contribution in [-0.2, 0) is 0 Å². The van der Waals surface area contributed by atoms with Crippen molar-refractivity contribution in [1.29, 1.82) is 0 Å². The molecule has 0 saturated heterocycles. The molecule has 1 aliphatic rings. The van der Waals surface area contributed by atoms with E-state index in [0.717, 1.165) is 15.8 Å². The van der Waals surface area contributed by atoms with Crippen molar-refractivity contribution >= 4 is 43.6 Å². The monoisotopic (exact) mass is 484 g/mol. The minimum absolute atomic E-state index is 0.0130. The molecule has 6 rings (SSSR count). The van der Waals surface area contributed by atoms with Crippen molar-refractivity contribution in [3.63, 3.8) is 0 Å². The van der Waals surface area contributed by atoms with E-state index in [1.54, 1.807) is 56.7 Å². The van der Waals surface area contributed by atoms with Crippen LogP contribution in [0.4, 0.5) is 5.13 Å². The van der Waals surface area contributed by atoms with Crippen LogP contribution in [0.3, 0.4) is 0 Å². The third kappa shape index (κ3) is 3.21. The van der Waals surface area contributed by atoms with Gasteiger partial charge in [0.05, 0.1) is 35.4 Å². The first-order valence-corrected chi connectivity index (χ1v) is 11.8. The number of methoxy groups -OCH3 is 2. The molecule has 7 nitrogen and oxygen atoms in total. The molecule has 1 atom stereocenters. The number of nitrogens with zero attached hydrogens (tertiary/aromatic N) is 2. The summed E-state index contributed by atoms with van der Waals surface area (Å²) in [5.41, 5.74) is 2.85. The van der Waals surface area contributed by atoms with E-state index in [-0.39, 0.29) is 16.8 Å². The van der Waals surface area contributed by atoms with Crippen molar-refractivity contribution in [2.24, 2.45) is 0 Å². The number of anilines is 1. The highest BCUT2D eigenvalue weighted by molar-refractivity contribution is 7.22. The Morgan fingerprint density at radius 3 is 2.63 bits per heavy atom. The van der Waals surface area contributed by atoms with Crippen LogP contribution in [0.5, 0.6) is 11.5 Å². The number of rotatable bonds is 4. The lowest BCUT2D eigenvalue weighted by atomic mass is 9.97. The highest BCUT2D eigenvalue weighted by Gasteiger charge is 2.46. The van der Waals surface area contributed by atoms with E-state index < -0.39 is 11.9 Å². The minimum Gasteiger partial charge on any atom is -0.497 e. The SMILES string of the molecule is COc1ccc(OC)c([C@H]2c3c(oc4ccccc4c3=O)C(=O)N2c2nc3ccc(C)cc3s2)c1. The molecule has 35 heavy (non-hydrogen) atoms. The van der Waals surface area contributed by atoms with E-state index in [1.165, 1.54) is 16.2 Å². The lowest BCUT2D eigenvalue weighted by Crippen LogP contribution is -2.29. The van der Waals surface area contributed by atoms with Gasteiger partial charge in [0.1, 0.15) is 23.1 Å². The van der Waals surface area contributed by atoms with Gasteiger partial charge in [-0.15, -0.1) is 0 Å². The second-order valence-corrected chi connectivity index (χ2v) is 9.33. The molecular weight excluding hydrogens is 464 g/mol. The van der Waals surface area contributed by atoms with Crippen molar-refractivity contribution in [3.05, 3.63) is 93.3 Å². The Morgan fingerprint density at radius 2 is 1.83 bits per heavy atom. The Kier molecular flexibility index (Phi) is 4.86. The zero-order chi connectivity index (χ0) is 24.3. The summed E-state index contributed by atoms with van der Waals surface area (Å²) < 4.78 is 18.1. The molecule has 0 spiro atoms. The molecule has 1 amide bonds. The fourth-order valence-electron chi connectivity index (χ4n) is 4.59. The number of hydrogen-bond acceptors (Lipinski definition) is 7. The molecule has 1 aliphatic heterocycles. The Labute approximate surface area is 204 Å². The summed E-state index contributed by atoms with van der Waals surface area (Å²) in [6.45, 7) is 2.01. The molecule has 0 fully saturated rings. The summed E-state index contributed by atoms with van der Waals surface area (Å²) in [5.74, 6) is 0.685. The number of aromatic nitrogens is 1. The maximum absolute atomic E-state index is 13.9. The van der Waals surface area contributed by atoms with Crippen LogP contribution in [0.2, 0.25) is 0 Å². The molecule has 0 radical (unpaired) electrons. The third-order valence-electron chi connectivity index (χ3n) is 6.25. The van der Waals surface area contributed by atoms with Gasteiger partial charge < -0.3 is 13.9 Å². The fraction of sp³-hybridized carbons (Fsp3) is 0.148. The van der Waals surface area contributed by atoms with Gasteiger partial charge in [-0.1, -0.05) is 29.5 Å². The number of carbonyl (C=O) groups is 1. The van der Waals surface area contributed by atoms with Crippen molar-refractivity contribution in [3.8, 4) is 11.5 Å². The number of thiazole rings is 1. The molecule has 2 aromatic heterocycles. The number of hydrogen-bond donors (Lipinski definition) is 0. The molecule has 0 unspecified atom stereocenters. The summed E-state index contributed by atoms with van der Waals surface area (Å²) in [5, 5.41) is 0.882. The standard InChI is InChI=1S/C27H20N2O5S/c1-14-8-10-18-21(12-14)35-27(28-18)29-23(17-13-15(32-2)9-11-19(17)33-3)22-24(30)16-6-4-5-7-20(16)34-25(22)26(29)31/h4-13,23H,1-3H3/t23-/m0/s1. The van der Waals surface area contributed by atoms with Gasteiger partial charge in [0, 0.05) is 5.56 Å². The highest BCUT2D eigenvalue weighted by Crippen LogP contribution is 2.46. The largest absolute Gasteiger partial charge is 0.497 e. The normalized spacial score (nSPS) is 15.1. The van der Waals surface area contributed by atoms with Gasteiger partial charge in [-0.05, 0) is 55.0 Å². The van der Waals surface area contributed by atoms with Gasteiger partial charge in [-0.3, -0.25) is 14.5 Å². The van der Waals surface area contributed by atoms with E-state index in [9.17, 15) is 9.59 Å². The van der Waals surface area contributed by atoms with Gasteiger partial charge in [-0.2, -0.15) is 0 Å². The topological polar surface area (TPSA) is 81.9 Å². The quantitative estimate of drug-likeness (QED) is 0.336. The summed E-state index contributed by atoms with van der Waals surface area (Å²) >= 11 is 1.39. The Balaban J connectivity index is 1.67. The number of carbonyl (C=O) groups excluding carboxylic acids is 1. The second-order valence-electron chi connectivity index (χ2n) is 8.32. The fourth-order valence-corrected chi connectivity index (χ4v) is 5.68. The molecule has 0 aliphatic carbocycles. The van der Waals surface area contributed by atoms with Gasteiger partial charge in [0.2, 0.25) is 5.76 Å². The number of benzene rings is 3. The predicted octanol–water partition coefficient (Wildman–Crippen LogP) is 5.48. The lowest BCUT2D eigenvalue weighted by molar-refractivity contribution is 0.0971. The molecule has 8 heteroatoms. The molecule has 0 bridgehead atoms. The number of ether oxygens (including phenoxy) is 2. The van der Waals surface area contributed by atoms with Gasteiger partial charge >= 0.3 is 0 Å². The summed E-state index contributed by atoms with van der Waals surface area (Å²) in [6.07, 6.45) is 0. The van der Waals surface area contributed by atoms with Crippen LogP contribution < -0.4 is 19.8 Å². The summed E-state index contributed by atoms with van der Waals surface area (Å²) in [4.78, 5) is 33.9. The third-order valence-corrected chi connectivity index (χ3v) is 7.27. The predicted molar refractivity (Wildman–Crippen MR) is 135 cm³/mol. The van der Waals surface area contributed by atoms with E-state index in [2.05, 4.69) is 0 Å². The number of fused-ring (bicyclic) bond motifs is 3. The molecule has 3 aromatic carbocycles. The molecule has 5 aromatic rings. The van der Waals surface area contributed by atoms with E-state index in [0.29, 0.717) is 33.2 Å². The van der Waals surface area contributed by atoms with E-state index in [1.807, 2.05) is 25.1 Å². The zero-order valence-corrected chi connectivity index (χ0v) is 20.0. The van der Waals surface area contributed by atoms with Crippen LogP contribution in [-0.4, -0.2) is 25.1 Å². The van der Waals surface area contributed by atoms with Crippen molar-refractivity contribution in [2.75, 3.05) is 19.1 Å². The first kappa shape index (κ1) is 21.4. The Morgan fingerprint density at radius 1 is 1.00 bits per heavy atom.